The Morgan fingerprint density at radius 1 is 1.00 bits per heavy atom. The molecule has 33 heavy (non-hydrogen) atoms. The normalized spacial score (nSPS) is 27.4. The predicted molar refractivity (Wildman–Crippen MR) is 115 cm³/mol. The fraction of sp³-hybridized carbons (Fsp3) is 0.333. The Labute approximate surface area is 188 Å². The Bertz CT molecular complexity index is 1280. The Morgan fingerprint density at radius 3 is 2.27 bits per heavy atom. The number of aryl methyl sites for hydroxylation is 1. The molecule has 0 N–H and O–H groups in total. The number of nitrogens with zero attached hydrogens (tertiary/aromatic N) is 3. The number of ketones is 2. The number of hydrogen-bond donors (Lipinski definition) is 0. The van der Waals surface area contributed by atoms with Crippen LogP contribution in [0.2, 0.25) is 0 Å². The maximum absolute atomic E-state index is 13.8. The van der Waals surface area contributed by atoms with Crippen LogP contribution in [0, 0.1) is 28.9 Å². The van der Waals surface area contributed by atoms with Crippen LogP contribution in [-0.4, -0.2) is 51.3 Å². The minimum Gasteiger partial charge on any atom is -0.291 e. The topological polar surface area (TPSA) is 118 Å². The number of Topliss-reactive ketones (excluding diaryl/α,β-unsaturated/α-hetero) is 2. The molecule has 1 spiro atoms. The average molecular weight is 445 g/mol. The molecular weight excluding hydrogens is 426 g/mol. The summed E-state index contributed by atoms with van der Waals surface area (Å²) in [5, 5.41) is 11.1. The monoisotopic (exact) mass is 445 g/mol. The van der Waals surface area contributed by atoms with E-state index in [0.29, 0.717) is 29.7 Å². The van der Waals surface area contributed by atoms with Gasteiger partial charge >= 0.3 is 0 Å². The number of non-ortho nitro benzene ring substituents is 1. The molecule has 0 radical (unpaired) electrons. The first kappa shape index (κ1) is 19.9. The van der Waals surface area contributed by atoms with E-state index in [1.807, 2.05) is 4.90 Å². The van der Waals surface area contributed by atoms with Gasteiger partial charge in [0.05, 0.1) is 22.4 Å². The van der Waals surface area contributed by atoms with Crippen LogP contribution in [0.5, 0.6) is 0 Å². The third kappa shape index (κ3) is 2.20. The molecule has 0 bridgehead atoms. The van der Waals surface area contributed by atoms with E-state index in [1.54, 1.807) is 31.2 Å². The highest BCUT2D eigenvalue weighted by molar-refractivity contribution is 6.37. The van der Waals surface area contributed by atoms with Crippen molar-refractivity contribution in [3.05, 3.63) is 69.3 Å². The van der Waals surface area contributed by atoms with Gasteiger partial charge in [0.25, 0.3) is 5.69 Å². The highest BCUT2D eigenvalue weighted by atomic mass is 16.6. The number of anilines is 1. The van der Waals surface area contributed by atoms with Crippen LogP contribution >= 0.6 is 0 Å². The summed E-state index contributed by atoms with van der Waals surface area (Å²) in [4.78, 5) is 68.5. The second kappa shape index (κ2) is 6.41. The van der Waals surface area contributed by atoms with Crippen LogP contribution in [0.15, 0.2) is 42.5 Å². The molecule has 1 aliphatic carbocycles. The molecule has 6 rings (SSSR count). The van der Waals surface area contributed by atoms with Crippen LogP contribution < -0.4 is 4.90 Å². The number of nitro benzene ring substituents is 1. The van der Waals surface area contributed by atoms with E-state index >= 15 is 0 Å². The van der Waals surface area contributed by atoms with E-state index in [1.165, 1.54) is 18.2 Å². The molecule has 3 fully saturated rings. The molecule has 4 aliphatic rings. The van der Waals surface area contributed by atoms with Crippen molar-refractivity contribution in [2.45, 2.75) is 31.3 Å². The molecule has 2 aromatic rings. The summed E-state index contributed by atoms with van der Waals surface area (Å²) in [6.07, 6.45) is 1.34. The zero-order valence-electron chi connectivity index (χ0n) is 17.7. The number of amides is 2. The van der Waals surface area contributed by atoms with Crippen molar-refractivity contribution in [3.63, 3.8) is 0 Å². The Morgan fingerprint density at radius 2 is 1.67 bits per heavy atom. The molecule has 3 aliphatic heterocycles. The van der Waals surface area contributed by atoms with Crippen molar-refractivity contribution in [2.24, 2.45) is 11.8 Å². The van der Waals surface area contributed by atoms with Crippen molar-refractivity contribution in [1.82, 2.24) is 4.90 Å². The van der Waals surface area contributed by atoms with Crippen LogP contribution in [0.1, 0.15) is 39.1 Å². The van der Waals surface area contributed by atoms with Crippen molar-refractivity contribution in [2.75, 3.05) is 11.4 Å². The van der Waals surface area contributed by atoms with Gasteiger partial charge in [-0.15, -0.1) is 0 Å². The van der Waals surface area contributed by atoms with Crippen molar-refractivity contribution in [1.29, 1.82) is 0 Å². The standard InChI is InChI=1S/C24H19N3O6/c1-12-11-13(27(32)33)8-9-16(12)26-22(30)18-17-7-4-10-25(17)24(19(18)23(26)31)20(28)14-5-2-3-6-15(14)21(24)29/h2-3,5-6,8-9,11,17-19H,4,7,10H2,1H3/t17-,18-,19-/m0/s1. The van der Waals surface area contributed by atoms with E-state index < -0.39 is 45.7 Å². The summed E-state index contributed by atoms with van der Waals surface area (Å²) in [5.41, 5.74) is -0.620. The van der Waals surface area contributed by atoms with Gasteiger partial charge in [-0.1, -0.05) is 24.3 Å². The smallest absolute Gasteiger partial charge is 0.269 e. The lowest BCUT2D eigenvalue weighted by molar-refractivity contribution is -0.384. The van der Waals surface area contributed by atoms with Gasteiger partial charge in [0.15, 0.2) is 17.1 Å². The quantitative estimate of drug-likeness (QED) is 0.301. The minimum atomic E-state index is -1.70. The second-order valence-corrected chi connectivity index (χ2v) is 9.12. The van der Waals surface area contributed by atoms with Gasteiger partial charge in [-0.2, -0.15) is 0 Å². The van der Waals surface area contributed by atoms with Gasteiger partial charge in [-0.3, -0.25) is 34.2 Å². The molecule has 0 unspecified atom stereocenters. The van der Waals surface area contributed by atoms with Crippen molar-refractivity contribution in [3.8, 4) is 0 Å². The Kier molecular flexibility index (Phi) is 3.87. The van der Waals surface area contributed by atoms with Crippen LogP contribution in [0.25, 0.3) is 0 Å². The van der Waals surface area contributed by atoms with Gasteiger partial charge in [0.2, 0.25) is 11.8 Å². The molecule has 0 aromatic heterocycles. The summed E-state index contributed by atoms with van der Waals surface area (Å²) in [7, 11) is 0. The number of benzene rings is 2. The molecule has 166 valence electrons. The number of hydrogen-bond acceptors (Lipinski definition) is 7. The SMILES string of the molecule is Cc1cc([N+](=O)[O-])ccc1N1C(=O)[C@@H]2[C@@H](C1=O)C1(C(=O)c3ccccc3C1=O)N1CCC[C@@H]21. The summed E-state index contributed by atoms with van der Waals surface area (Å²) in [6.45, 7) is 2.07. The second-order valence-electron chi connectivity index (χ2n) is 9.12. The Hall–Kier alpha value is -3.72. The number of rotatable bonds is 2. The third-order valence-electron chi connectivity index (χ3n) is 7.71. The van der Waals surface area contributed by atoms with Gasteiger partial charge in [0, 0.05) is 29.3 Å². The molecule has 2 amide bonds. The largest absolute Gasteiger partial charge is 0.291 e. The molecule has 3 saturated heterocycles. The van der Waals surface area contributed by atoms with Gasteiger partial charge in [-0.05, 0) is 37.9 Å². The molecule has 9 heteroatoms. The first-order valence-corrected chi connectivity index (χ1v) is 10.9. The van der Waals surface area contributed by atoms with E-state index in [9.17, 15) is 29.3 Å². The summed E-state index contributed by atoms with van der Waals surface area (Å²) < 4.78 is 0. The van der Waals surface area contributed by atoms with Crippen LogP contribution in [-0.2, 0) is 9.59 Å². The molecule has 2 aromatic carbocycles. The van der Waals surface area contributed by atoms with Gasteiger partial charge in [0.1, 0.15) is 0 Å². The highest BCUT2D eigenvalue weighted by Crippen LogP contribution is 2.57. The first-order chi connectivity index (χ1) is 15.8. The molecule has 0 saturated carbocycles. The Balaban J connectivity index is 1.51. The zero-order valence-corrected chi connectivity index (χ0v) is 17.7. The van der Waals surface area contributed by atoms with E-state index in [0.717, 1.165) is 11.3 Å². The minimum absolute atomic E-state index is 0.148. The van der Waals surface area contributed by atoms with Gasteiger partial charge in [-0.25, -0.2) is 4.90 Å². The molecular formula is C24H19N3O6. The average Bonchev–Trinajstić information content (AvgIpc) is 3.49. The third-order valence-corrected chi connectivity index (χ3v) is 7.71. The number of carbonyl (C=O) groups is 4. The van der Waals surface area contributed by atoms with Crippen LogP contribution in [0.3, 0.4) is 0 Å². The van der Waals surface area contributed by atoms with E-state index in [-0.39, 0.29) is 17.4 Å². The lowest BCUT2D eigenvalue weighted by Gasteiger charge is -2.35. The maximum Gasteiger partial charge on any atom is 0.269 e. The van der Waals surface area contributed by atoms with Crippen molar-refractivity contribution >= 4 is 34.8 Å². The lowest BCUT2D eigenvalue weighted by Crippen LogP contribution is -2.59. The summed E-state index contributed by atoms with van der Waals surface area (Å²) >= 11 is 0. The highest BCUT2D eigenvalue weighted by Gasteiger charge is 2.76. The van der Waals surface area contributed by atoms with Crippen molar-refractivity contribution < 1.29 is 24.1 Å². The number of fused-ring (bicyclic) bond motifs is 6. The van der Waals surface area contributed by atoms with E-state index in [2.05, 4.69) is 0 Å². The number of carbonyl (C=O) groups excluding carboxylic acids is 4. The van der Waals surface area contributed by atoms with Crippen LogP contribution in [0.4, 0.5) is 11.4 Å². The maximum atomic E-state index is 13.8. The lowest BCUT2D eigenvalue weighted by atomic mass is 9.76. The first-order valence-electron chi connectivity index (χ1n) is 10.9. The fourth-order valence-electron chi connectivity index (χ4n) is 6.48. The zero-order chi connectivity index (χ0) is 23.2. The predicted octanol–water partition coefficient (Wildman–Crippen LogP) is 2.30. The summed E-state index contributed by atoms with van der Waals surface area (Å²) in [6, 6.07) is 10.1. The molecule has 3 heterocycles. The fourth-order valence-corrected chi connectivity index (χ4v) is 6.48. The van der Waals surface area contributed by atoms with E-state index in [4.69, 9.17) is 0 Å². The number of imide groups is 1. The van der Waals surface area contributed by atoms with Gasteiger partial charge < -0.3 is 0 Å². The number of nitro groups is 1. The molecule has 9 nitrogen and oxygen atoms in total. The summed E-state index contributed by atoms with van der Waals surface area (Å²) in [5.74, 6) is -3.79. The molecule has 3 atom stereocenters.